The first-order valence-corrected chi connectivity index (χ1v) is 7.20. The van der Waals surface area contributed by atoms with Gasteiger partial charge in [-0.2, -0.15) is 26.7 Å². The molecule has 0 fully saturated rings. The van der Waals surface area contributed by atoms with Gasteiger partial charge in [-0.3, -0.25) is 0 Å². The Balaban J connectivity index is 2.49. The molecule has 0 amide bonds. The van der Waals surface area contributed by atoms with Gasteiger partial charge in [-0.1, -0.05) is 19.9 Å². The Kier molecular flexibility index (Phi) is 6.49. The largest absolute Gasteiger partial charge is 0.368 e. The van der Waals surface area contributed by atoms with Gasteiger partial charge in [0.25, 0.3) is 0 Å². The molecule has 0 saturated carbocycles. The van der Waals surface area contributed by atoms with Crippen LogP contribution >= 0.6 is 11.8 Å². The van der Waals surface area contributed by atoms with Crippen molar-refractivity contribution in [2.45, 2.75) is 20.3 Å². The van der Waals surface area contributed by atoms with E-state index >= 15 is 0 Å². The molecule has 0 atom stereocenters. The Labute approximate surface area is 113 Å². The molecule has 0 saturated heterocycles. The number of hydrogen-bond donors (Lipinski definition) is 2. The average molecular weight is 267 g/mol. The molecular formula is C12H21N5S. The molecule has 1 heterocycles. The van der Waals surface area contributed by atoms with Crippen LogP contribution in [0.1, 0.15) is 19.7 Å². The quantitative estimate of drug-likeness (QED) is 0.554. The van der Waals surface area contributed by atoms with Gasteiger partial charge in [0, 0.05) is 24.5 Å². The molecule has 6 heteroatoms. The van der Waals surface area contributed by atoms with Crippen LogP contribution in [0, 0.1) is 5.92 Å². The van der Waals surface area contributed by atoms with E-state index in [1.807, 2.05) is 17.8 Å². The fourth-order valence-corrected chi connectivity index (χ4v) is 1.95. The van der Waals surface area contributed by atoms with Crippen molar-refractivity contribution >= 4 is 23.7 Å². The fourth-order valence-electron chi connectivity index (χ4n) is 1.38. The minimum Gasteiger partial charge on any atom is -0.368 e. The zero-order valence-corrected chi connectivity index (χ0v) is 11.8. The molecule has 0 aromatic carbocycles. The van der Waals surface area contributed by atoms with Gasteiger partial charge < -0.3 is 11.1 Å². The summed E-state index contributed by atoms with van der Waals surface area (Å²) in [5.41, 5.74) is 5.67. The normalized spacial score (nSPS) is 10.6. The number of nitrogens with two attached hydrogens (primary N) is 1. The smallest absolute Gasteiger partial charge is 0.227 e. The Morgan fingerprint density at radius 2 is 2.17 bits per heavy atom. The third-order valence-electron chi connectivity index (χ3n) is 2.06. The minimum absolute atomic E-state index is 0.280. The van der Waals surface area contributed by atoms with Crippen molar-refractivity contribution in [3.8, 4) is 0 Å². The van der Waals surface area contributed by atoms with E-state index in [1.165, 1.54) is 0 Å². The minimum atomic E-state index is 0.280. The zero-order chi connectivity index (χ0) is 13.4. The lowest BCUT2D eigenvalue weighted by atomic mass is 10.1. The van der Waals surface area contributed by atoms with Crippen molar-refractivity contribution < 1.29 is 0 Å². The molecular weight excluding hydrogens is 246 g/mol. The van der Waals surface area contributed by atoms with Crippen molar-refractivity contribution in [3.63, 3.8) is 0 Å². The summed E-state index contributed by atoms with van der Waals surface area (Å²) in [6.45, 7) is 8.73. The predicted octanol–water partition coefficient (Wildman–Crippen LogP) is 1.98. The second-order valence-corrected chi connectivity index (χ2v) is 5.47. The maximum Gasteiger partial charge on any atom is 0.227 e. The highest BCUT2D eigenvalue weighted by molar-refractivity contribution is 7.99. The summed E-state index contributed by atoms with van der Waals surface area (Å²) < 4.78 is 0. The second kappa shape index (κ2) is 7.92. The lowest BCUT2D eigenvalue weighted by molar-refractivity contribution is 0.619. The molecule has 1 aromatic rings. The van der Waals surface area contributed by atoms with E-state index in [-0.39, 0.29) is 5.95 Å². The lowest BCUT2D eigenvalue weighted by Gasteiger charge is -2.08. The molecule has 1 rings (SSSR count). The third kappa shape index (κ3) is 5.86. The summed E-state index contributed by atoms with van der Waals surface area (Å²) in [6.07, 6.45) is 2.71. The van der Waals surface area contributed by atoms with E-state index in [0.29, 0.717) is 11.9 Å². The van der Waals surface area contributed by atoms with Crippen molar-refractivity contribution in [3.05, 3.63) is 18.5 Å². The first-order chi connectivity index (χ1) is 8.61. The van der Waals surface area contributed by atoms with E-state index in [4.69, 9.17) is 5.73 Å². The lowest BCUT2D eigenvalue weighted by Crippen LogP contribution is -2.13. The standard InChI is InChI=1S/C12H21N5S/c1-4-6-18-7-5-14-12-16-10(8-9(2)3)15-11(13)17-12/h4,9H,1,5-8H2,2-3H3,(H3,13,14,15,16,17). The SMILES string of the molecule is C=CCSCCNc1nc(N)nc(CC(C)C)n1. The number of rotatable bonds is 8. The summed E-state index contributed by atoms with van der Waals surface area (Å²) in [5.74, 6) is 4.04. The molecule has 1 aromatic heterocycles. The number of nitrogens with one attached hydrogen (secondary N) is 1. The van der Waals surface area contributed by atoms with Crippen molar-refractivity contribution in [1.82, 2.24) is 15.0 Å². The van der Waals surface area contributed by atoms with E-state index in [1.54, 1.807) is 0 Å². The zero-order valence-electron chi connectivity index (χ0n) is 11.0. The van der Waals surface area contributed by atoms with E-state index in [0.717, 1.165) is 30.3 Å². The third-order valence-corrected chi connectivity index (χ3v) is 3.02. The molecule has 0 bridgehead atoms. The summed E-state index contributed by atoms with van der Waals surface area (Å²) in [6, 6.07) is 0. The van der Waals surface area contributed by atoms with Gasteiger partial charge in [0.2, 0.25) is 11.9 Å². The highest BCUT2D eigenvalue weighted by atomic mass is 32.2. The van der Waals surface area contributed by atoms with Gasteiger partial charge in [0.05, 0.1) is 0 Å². The number of nitrogen functional groups attached to an aromatic ring is 1. The number of nitrogens with zero attached hydrogens (tertiary/aromatic N) is 3. The van der Waals surface area contributed by atoms with Gasteiger partial charge >= 0.3 is 0 Å². The van der Waals surface area contributed by atoms with Crippen LogP contribution in [0.25, 0.3) is 0 Å². The topological polar surface area (TPSA) is 76.7 Å². The number of anilines is 2. The van der Waals surface area contributed by atoms with Gasteiger partial charge in [0.1, 0.15) is 5.82 Å². The van der Waals surface area contributed by atoms with Crippen LogP contribution in [0.4, 0.5) is 11.9 Å². The Bertz CT molecular complexity index is 381. The Morgan fingerprint density at radius 3 is 2.83 bits per heavy atom. The molecule has 18 heavy (non-hydrogen) atoms. The molecule has 0 radical (unpaired) electrons. The van der Waals surface area contributed by atoms with Crippen molar-refractivity contribution in [1.29, 1.82) is 0 Å². The Hall–Kier alpha value is -1.30. The van der Waals surface area contributed by atoms with E-state index in [9.17, 15) is 0 Å². The molecule has 0 aliphatic rings. The van der Waals surface area contributed by atoms with Crippen LogP contribution in [-0.4, -0.2) is 33.0 Å². The highest BCUT2D eigenvalue weighted by Crippen LogP contribution is 2.08. The van der Waals surface area contributed by atoms with Crippen LogP contribution in [0.3, 0.4) is 0 Å². The van der Waals surface area contributed by atoms with E-state index < -0.39 is 0 Å². The maximum atomic E-state index is 5.67. The van der Waals surface area contributed by atoms with Crippen LogP contribution in [0.5, 0.6) is 0 Å². The maximum absolute atomic E-state index is 5.67. The highest BCUT2D eigenvalue weighted by Gasteiger charge is 2.05. The van der Waals surface area contributed by atoms with Gasteiger partial charge in [-0.05, 0) is 5.92 Å². The van der Waals surface area contributed by atoms with Gasteiger partial charge in [0.15, 0.2) is 0 Å². The number of hydrogen-bond acceptors (Lipinski definition) is 6. The van der Waals surface area contributed by atoms with Gasteiger partial charge in [-0.15, -0.1) is 6.58 Å². The van der Waals surface area contributed by atoms with E-state index in [2.05, 4.69) is 40.7 Å². The fraction of sp³-hybridized carbons (Fsp3) is 0.583. The van der Waals surface area contributed by atoms with Crippen LogP contribution in [-0.2, 0) is 6.42 Å². The van der Waals surface area contributed by atoms with Crippen LogP contribution in [0.15, 0.2) is 12.7 Å². The average Bonchev–Trinajstić information content (AvgIpc) is 2.27. The first-order valence-electron chi connectivity index (χ1n) is 6.04. The molecule has 0 unspecified atom stereocenters. The summed E-state index contributed by atoms with van der Waals surface area (Å²) in [7, 11) is 0. The monoisotopic (exact) mass is 267 g/mol. The summed E-state index contributed by atoms with van der Waals surface area (Å²) in [5, 5.41) is 3.16. The van der Waals surface area contributed by atoms with Gasteiger partial charge in [-0.25, -0.2) is 0 Å². The molecule has 5 nitrogen and oxygen atoms in total. The number of aromatic nitrogens is 3. The molecule has 3 N–H and O–H groups in total. The molecule has 0 spiro atoms. The summed E-state index contributed by atoms with van der Waals surface area (Å²) >= 11 is 1.81. The molecule has 0 aliphatic heterocycles. The molecule has 0 aliphatic carbocycles. The predicted molar refractivity (Wildman–Crippen MR) is 78.8 cm³/mol. The number of thioether (sulfide) groups is 1. The van der Waals surface area contributed by atoms with Crippen molar-refractivity contribution in [2.75, 3.05) is 29.1 Å². The molecule has 100 valence electrons. The Morgan fingerprint density at radius 1 is 1.39 bits per heavy atom. The second-order valence-electron chi connectivity index (χ2n) is 4.32. The first kappa shape index (κ1) is 14.8. The summed E-state index contributed by atoms with van der Waals surface area (Å²) in [4.78, 5) is 12.6. The van der Waals surface area contributed by atoms with Crippen LogP contribution in [0.2, 0.25) is 0 Å². The van der Waals surface area contributed by atoms with Crippen molar-refractivity contribution in [2.24, 2.45) is 5.92 Å². The van der Waals surface area contributed by atoms with Crippen LogP contribution < -0.4 is 11.1 Å².